The predicted octanol–water partition coefficient (Wildman–Crippen LogP) is 4.54. The lowest BCUT2D eigenvalue weighted by molar-refractivity contribution is 0.0365. The Balaban J connectivity index is 1.52. The fraction of sp³-hybridized carbons (Fsp3) is 0.679. The first-order valence-electron chi connectivity index (χ1n) is 12.9. The molecule has 3 aliphatic rings. The SMILES string of the molecule is COc1cc(C)cc2c(C(=O)NC3C4(C)CCC(C4)C3(C)C)c(C)n(CCN3CCOCC3)c12. The van der Waals surface area contributed by atoms with Crippen LogP contribution in [0.2, 0.25) is 0 Å². The maximum atomic E-state index is 14.0. The Labute approximate surface area is 204 Å². The van der Waals surface area contributed by atoms with Gasteiger partial charge >= 0.3 is 0 Å². The van der Waals surface area contributed by atoms with E-state index in [1.807, 2.05) is 0 Å². The van der Waals surface area contributed by atoms with Gasteiger partial charge in [0.15, 0.2) is 0 Å². The number of carbonyl (C=O) groups excluding carboxylic acids is 1. The van der Waals surface area contributed by atoms with Crippen LogP contribution < -0.4 is 10.1 Å². The molecular weight excluding hydrogens is 426 g/mol. The summed E-state index contributed by atoms with van der Waals surface area (Å²) in [5, 5.41) is 4.55. The molecule has 5 rings (SSSR count). The van der Waals surface area contributed by atoms with E-state index in [2.05, 4.69) is 61.5 Å². The second kappa shape index (κ2) is 8.56. The fourth-order valence-electron chi connectivity index (χ4n) is 7.37. The monoisotopic (exact) mass is 467 g/mol. The lowest BCUT2D eigenvalue weighted by Crippen LogP contribution is -2.52. The zero-order chi connectivity index (χ0) is 24.3. The number of hydrogen-bond donors (Lipinski definition) is 1. The molecule has 1 saturated heterocycles. The highest BCUT2D eigenvalue weighted by Crippen LogP contribution is 2.62. The number of amides is 1. The molecule has 2 aromatic rings. The van der Waals surface area contributed by atoms with Crippen molar-refractivity contribution in [2.75, 3.05) is 40.0 Å². The van der Waals surface area contributed by atoms with Crippen molar-refractivity contribution in [2.24, 2.45) is 16.7 Å². The first-order chi connectivity index (χ1) is 16.2. The highest BCUT2D eigenvalue weighted by Gasteiger charge is 2.59. The molecule has 1 N–H and O–H groups in total. The molecule has 0 radical (unpaired) electrons. The minimum absolute atomic E-state index is 0.0622. The summed E-state index contributed by atoms with van der Waals surface area (Å²) in [6, 6.07) is 4.43. The summed E-state index contributed by atoms with van der Waals surface area (Å²) >= 11 is 0. The average molecular weight is 468 g/mol. The Kier molecular flexibility index (Phi) is 5.96. The molecule has 186 valence electrons. The molecule has 6 heteroatoms. The molecule has 3 atom stereocenters. The van der Waals surface area contributed by atoms with Gasteiger partial charge in [0.25, 0.3) is 5.91 Å². The van der Waals surface area contributed by atoms with Crippen molar-refractivity contribution in [3.8, 4) is 5.75 Å². The molecule has 3 fully saturated rings. The van der Waals surface area contributed by atoms with Crippen LogP contribution in [-0.2, 0) is 11.3 Å². The molecule has 2 bridgehead atoms. The second-order valence-electron chi connectivity index (χ2n) is 11.8. The van der Waals surface area contributed by atoms with Crippen molar-refractivity contribution >= 4 is 16.8 Å². The molecule has 6 nitrogen and oxygen atoms in total. The molecule has 2 saturated carbocycles. The van der Waals surface area contributed by atoms with Crippen LogP contribution in [0.15, 0.2) is 12.1 Å². The Morgan fingerprint density at radius 1 is 1.18 bits per heavy atom. The highest BCUT2D eigenvalue weighted by atomic mass is 16.5. The van der Waals surface area contributed by atoms with E-state index in [0.717, 1.165) is 72.9 Å². The van der Waals surface area contributed by atoms with Gasteiger partial charge in [-0.05, 0) is 67.6 Å². The summed E-state index contributed by atoms with van der Waals surface area (Å²) < 4.78 is 13.6. The van der Waals surface area contributed by atoms with Gasteiger partial charge in [-0.1, -0.05) is 20.8 Å². The number of rotatable bonds is 6. The Morgan fingerprint density at radius 3 is 2.56 bits per heavy atom. The van der Waals surface area contributed by atoms with E-state index in [9.17, 15) is 4.79 Å². The van der Waals surface area contributed by atoms with Crippen molar-refractivity contribution in [2.45, 2.75) is 66.5 Å². The molecule has 0 spiro atoms. The number of aryl methyl sites for hydroxylation is 1. The van der Waals surface area contributed by atoms with Gasteiger partial charge in [-0.2, -0.15) is 0 Å². The first-order valence-corrected chi connectivity index (χ1v) is 12.9. The van der Waals surface area contributed by atoms with E-state index in [4.69, 9.17) is 9.47 Å². The van der Waals surface area contributed by atoms with Gasteiger partial charge in [-0.3, -0.25) is 9.69 Å². The number of fused-ring (bicyclic) bond motifs is 3. The summed E-state index contributed by atoms with van der Waals surface area (Å²) in [5.41, 5.74) is 4.29. The minimum Gasteiger partial charge on any atom is -0.495 e. The Bertz CT molecular complexity index is 1090. The van der Waals surface area contributed by atoms with Gasteiger partial charge in [0.2, 0.25) is 0 Å². The van der Waals surface area contributed by atoms with Gasteiger partial charge in [0, 0.05) is 43.3 Å². The van der Waals surface area contributed by atoms with Crippen LogP contribution in [0.4, 0.5) is 0 Å². The second-order valence-corrected chi connectivity index (χ2v) is 11.8. The summed E-state index contributed by atoms with van der Waals surface area (Å²) in [6.45, 7) is 16.5. The third kappa shape index (κ3) is 3.74. The van der Waals surface area contributed by atoms with E-state index >= 15 is 0 Å². The van der Waals surface area contributed by atoms with Crippen LogP contribution in [0.5, 0.6) is 5.75 Å². The molecule has 3 unspecified atom stereocenters. The lowest BCUT2D eigenvalue weighted by Gasteiger charge is -2.43. The van der Waals surface area contributed by atoms with Crippen molar-refractivity contribution in [1.29, 1.82) is 0 Å². The largest absolute Gasteiger partial charge is 0.495 e. The third-order valence-electron chi connectivity index (χ3n) is 9.26. The van der Waals surface area contributed by atoms with E-state index in [1.165, 1.54) is 19.3 Å². The topological polar surface area (TPSA) is 55.7 Å². The molecular formula is C28H41N3O3. The van der Waals surface area contributed by atoms with Crippen LogP contribution in [0.3, 0.4) is 0 Å². The zero-order valence-electron chi connectivity index (χ0n) is 21.8. The molecule has 2 aliphatic carbocycles. The van der Waals surface area contributed by atoms with Crippen molar-refractivity contribution in [3.63, 3.8) is 0 Å². The summed E-state index contributed by atoms with van der Waals surface area (Å²) in [4.78, 5) is 16.4. The van der Waals surface area contributed by atoms with Gasteiger partial charge in [0.1, 0.15) is 5.75 Å². The molecule has 1 aromatic heterocycles. The minimum atomic E-state index is 0.0622. The standard InChI is InChI=1S/C28H41N3O3/c1-18-15-21-23(25(32)29-26-27(3,4)20-7-8-28(26,5)17-20)19(2)31(24(21)22(16-18)33-6)10-9-30-11-13-34-14-12-30/h15-16,20,26H,7-14,17H2,1-6H3,(H,29,32). The molecule has 1 aromatic carbocycles. The number of nitrogens with zero attached hydrogens (tertiary/aromatic N) is 2. The highest BCUT2D eigenvalue weighted by molar-refractivity contribution is 6.10. The predicted molar refractivity (Wildman–Crippen MR) is 136 cm³/mol. The third-order valence-corrected chi connectivity index (χ3v) is 9.26. The molecule has 2 heterocycles. The van der Waals surface area contributed by atoms with Gasteiger partial charge in [-0.25, -0.2) is 0 Å². The number of hydrogen-bond acceptors (Lipinski definition) is 4. The summed E-state index contributed by atoms with van der Waals surface area (Å²) in [5.74, 6) is 1.60. The quantitative estimate of drug-likeness (QED) is 0.678. The van der Waals surface area contributed by atoms with Crippen LogP contribution in [-0.4, -0.2) is 61.4 Å². The van der Waals surface area contributed by atoms with Crippen LogP contribution in [0.1, 0.15) is 61.6 Å². The van der Waals surface area contributed by atoms with Crippen LogP contribution in [0, 0.1) is 30.6 Å². The van der Waals surface area contributed by atoms with Crippen molar-refractivity contribution < 1.29 is 14.3 Å². The summed E-state index contributed by atoms with van der Waals surface area (Å²) in [7, 11) is 1.72. The van der Waals surface area contributed by atoms with Crippen LogP contribution >= 0.6 is 0 Å². The van der Waals surface area contributed by atoms with Crippen molar-refractivity contribution in [1.82, 2.24) is 14.8 Å². The number of morpholine rings is 1. The maximum Gasteiger partial charge on any atom is 0.253 e. The van der Waals surface area contributed by atoms with E-state index < -0.39 is 0 Å². The smallest absolute Gasteiger partial charge is 0.253 e. The number of nitrogens with one attached hydrogen (secondary N) is 1. The number of benzene rings is 1. The average Bonchev–Trinajstić information content (AvgIpc) is 3.39. The number of ether oxygens (including phenoxy) is 2. The Morgan fingerprint density at radius 2 is 1.91 bits per heavy atom. The van der Waals surface area contributed by atoms with Crippen LogP contribution in [0.25, 0.3) is 10.9 Å². The number of carbonyl (C=O) groups is 1. The maximum absolute atomic E-state index is 14.0. The lowest BCUT2D eigenvalue weighted by atomic mass is 9.68. The number of aromatic nitrogens is 1. The van der Waals surface area contributed by atoms with E-state index in [0.29, 0.717) is 5.92 Å². The normalized spacial score (nSPS) is 28.5. The van der Waals surface area contributed by atoms with E-state index in [1.54, 1.807) is 7.11 Å². The first kappa shape index (κ1) is 23.7. The van der Waals surface area contributed by atoms with Gasteiger partial charge in [-0.15, -0.1) is 0 Å². The summed E-state index contributed by atoms with van der Waals surface area (Å²) in [6.07, 6.45) is 3.71. The van der Waals surface area contributed by atoms with Gasteiger partial charge < -0.3 is 19.4 Å². The van der Waals surface area contributed by atoms with Crippen molar-refractivity contribution in [3.05, 3.63) is 29.0 Å². The van der Waals surface area contributed by atoms with E-state index in [-0.39, 0.29) is 22.8 Å². The molecule has 1 aliphatic heterocycles. The fourth-order valence-corrected chi connectivity index (χ4v) is 7.37. The van der Waals surface area contributed by atoms with Gasteiger partial charge in [0.05, 0.1) is 31.4 Å². The molecule has 34 heavy (non-hydrogen) atoms. The number of methoxy groups -OCH3 is 1. The Hall–Kier alpha value is -2.05. The zero-order valence-corrected chi connectivity index (χ0v) is 21.8. The molecule has 1 amide bonds.